The minimum atomic E-state index is 0.792. The second kappa shape index (κ2) is 5.75. The molecule has 0 atom stereocenters. The molecule has 16 heavy (non-hydrogen) atoms. The van der Waals surface area contributed by atoms with Crippen LogP contribution in [0.4, 0.5) is 0 Å². The van der Waals surface area contributed by atoms with E-state index in [1.54, 1.807) is 0 Å². The summed E-state index contributed by atoms with van der Waals surface area (Å²) < 4.78 is 6.41. The predicted octanol–water partition coefficient (Wildman–Crippen LogP) is 2.65. The van der Waals surface area contributed by atoms with E-state index >= 15 is 0 Å². The summed E-state index contributed by atoms with van der Waals surface area (Å²) in [4.78, 5) is 3.26. The first-order valence-corrected chi connectivity index (χ1v) is 6.56. The summed E-state index contributed by atoms with van der Waals surface area (Å²) in [7, 11) is 0. The molecule has 1 saturated heterocycles. The van der Waals surface area contributed by atoms with Crippen molar-refractivity contribution in [1.82, 2.24) is 4.90 Å². The van der Waals surface area contributed by atoms with Gasteiger partial charge in [-0.25, -0.2) is 0 Å². The van der Waals surface area contributed by atoms with Crippen LogP contribution >= 0.6 is 28.1 Å². The van der Waals surface area contributed by atoms with E-state index in [-0.39, 0.29) is 0 Å². The Hall–Kier alpha value is -0.450. The lowest BCUT2D eigenvalue weighted by molar-refractivity contribution is 0.0685. The Morgan fingerprint density at radius 2 is 1.88 bits per heavy atom. The van der Waals surface area contributed by atoms with Crippen LogP contribution < -0.4 is 0 Å². The van der Waals surface area contributed by atoms with Gasteiger partial charge in [0, 0.05) is 24.0 Å². The Morgan fingerprint density at radius 1 is 1.25 bits per heavy atom. The molecule has 1 fully saturated rings. The lowest BCUT2D eigenvalue weighted by Crippen LogP contribution is -2.40. The molecule has 1 aliphatic heterocycles. The fourth-order valence-corrected chi connectivity index (χ4v) is 2.32. The maximum absolute atomic E-state index is 5.45. The first-order chi connectivity index (χ1) is 7.75. The van der Waals surface area contributed by atoms with E-state index in [4.69, 9.17) is 17.0 Å². The molecule has 1 aromatic rings. The number of morpholine rings is 1. The fourth-order valence-electron chi connectivity index (χ4n) is 1.70. The van der Waals surface area contributed by atoms with Gasteiger partial charge < -0.3 is 9.64 Å². The molecule has 0 aromatic heterocycles. The highest BCUT2D eigenvalue weighted by molar-refractivity contribution is 9.10. The van der Waals surface area contributed by atoms with Crippen molar-refractivity contribution < 1.29 is 4.74 Å². The van der Waals surface area contributed by atoms with Gasteiger partial charge in [-0.05, 0) is 17.7 Å². The normalized spacial score (nSPS) is 16.2. The maximum Gasteiger partial charge on any atom is 0.0825 e. The van der Waals surface area contributed by atoms with Crippen molar-refractivity contribution >= 4 is 33.1 Å². The van der Waals surface area contributed by atoms with E-state index in [1.165, 1.54) is 5.56 Å². The molecular formula is C12H14BrNOS. The third kappa shape index (κ3) is 3.27. The highest BCUT2D eigenvalue weighted by Gasteiger charge is 2.13. The number of thiocarbonyl (C=S) groups is 1. The number of hydrogen-bond donors (Lipinski definition) is 0. The third-order valence-electron chi connectivity index (χ3n) is 2.63. The van der Waals surface area contributed by atoms with Crippen LogP contribution in [0.2, 0.25) is 0 Å². The SMILES string of the molecule is S=C(Cc1ccc(Br)cc1)N1CCOCC1. The summed E-state index contributed by atoms with van der Waals surface area (Å²) in [6, 6.07) is 8.32. The molecule has 2 rings (SSSR count). The van der Waals surface area contributed by atoms with Crippen molar-refractivity contribution in [2.75, 3.05) is 26.3 Å². The molecule has 0 unspecified atom stereocenters. The summed E-state index contributed by atoms with van der Waals surface area (Å²) in [6.07, 6.45) is 0.850. The lowest BCUT2D eigenvalue weighted by Gasteiger charge is -2.29. The molecule has 86 valence electrons. The van der Waals surface area contributed by atoms with Crippen LogP contribution in [0.5, 0.6) is 0 Å². The fraction of sp³-hybridized carbons (Fsp3) is 0.417. The zero-order chi connectivity index (χ0) is 11.4. The van der Waals surface area contributed by atoms with Crippen LogP contribution in [-0.2, 0) is 11.2 Å². The van der Waals surface area contributed by atoms with Crippen molar-refractivity contribution in [2.45, 2.75) is 6.42 Å². The average Bonchev–Trinajstić information content (AvgIpc) is 2.33. The van der Waals surface area contributed by atoms with Gasteiger partial charge in [-0.1, -0.05) is 40.3 Å². The predicted molar refractivity (Wildman–Crippen MR) is 72.8 cm³/mol. The maximum atomic E-state index is 5.45. The van der Waals surface area contributed by atoms with E-state index < -0.39 is 0 Å². The summed E-state index contributed by atoms with van der Waals surface area (Å²) in [5.74, 6) is 0. The minimum Gasteiger partial charge on any atom is -0.378 e. The molecule has 1 aliphatic rings. The molecular weight excluding hydrogens is 286 g/mol. The standard InChI is InChI=1S/C12H14BrNOS/c13-11-3-1-10(2-4-11)9-12(16)14-5-7-15-8-6-14/h1-4H,5-9H2. The number of hydrogen-bond acceptors (Lipinski definition) is 2. The van der Waals surface area contributed by atoms with Gasteiger partial charge in [-0.3, -0.25) is 0 Å². The largest absolute Gasteiger partial charge is 0.378 e. The van der Waals surface area contributed by atoms with Crippen LogP contribution in [0.15, 0.2) is 28.7 Å². The number of ether oxygens (including phenoxy) is 1. The van der Waals surface area contributed by atoms with Gasteiger partial charge in [-0.15, -0.1) is 0 Å². The lowest BCUT2D eigenvalue weighted by atomic mass is 10.1. The summed E-state index contributed by atoms with van der Waals surface area (Å²) >= 11 is 8.88. The second-order valence-corrected chi connectivity index (χ2v) is 5.18. The van der Waals surface area contributed by atoms with Crippen molar-refractivity contribution in [1.29, 1.82) is 0 Å². The zero-order valence-corrected chi connectivity index (χ0v) is 11.4. The number of halogens is 1. The molecule has 0 amide bonds. The van der Waals surface area contributed by atoms with Gasteiger partial charge in [0.1, 0.15) is 0 Å². The third-order valence-corrected chi connectivity index (χ3v) is 3.56. The molecule has 1 aromatic carbocycles. The van der Waals surface area contributed by atoms with Crippen molar-refractivity contribution in [3.05, 3.63) is 34.3 Å². The number of benzene rings is 1. The van der Waals surface area contributed by atoms with Crippen molar-refractivity contribution in [2.24, 2.45) is 0 Å². The summed E-state index contributed by atoms with van der Waals surface area (Å²) in [5.41, 5.74) is 1.26. The van der Waals surface area contributed by atoms with Crippen LogP contribution in [0, 0.1) is 0 Å². The van der Waals surface area contributed by atoms with E-state index in [0.717, 1.165) is 42.2 Å². The molecule has 0 spiro atoms. The molecule has 0 saturated carbocycles. The Bertz CT molecular complexity index is 360. The van der Waals surface area contributed by atoms with Crippen LogP contribution in [-0.4, -0.2) is 36.2 Å². The van der Waals surface area contributed by atoms with Crippen LogP contribution in [0.1, 0.15) is 5.56 Å². The van der Waals surface area contributed by atoms with Gasteiger partial charge >= 0.3 is 0 Å². The average molecular weight is 300 g/mol. The summed E-state index contributed by atoms with van der Waals surface area (Å²) in [6.45, 7) is 3.44. The van der Waals surface area contributed by atoms with Gasteiger partial charge in [0.25, 0.3) is 0 Å². The van der Waals surface area contributed by atoms with Crippen LogP contribution in [0.25, 0.3) is 0 Å². The van der Waals surface area contributed by atoms with E-state index in [9.17, 15) is 0 Å². The Morgan fingerprint density at radius 3 is 2.50 bits per heavy atom. The van der Waals surface area contributed by atoms with Gasteiger partial charge in [-0.2, -0.15) is 0 Å². The topological polar surface area (TPSA) is 12.5 Å². The van der Waals surface area contributed by atoms with Gasteiger partial charge in [0.05, 0.1) is 18.2 Å². The smallest absolute Gasteiger partial charge is 0.0825 e. The Labute approximate surface area is 110 Å². The summed E-state index contributed by atoms with van der Waals surface area (Å²) in [5, 5.41) is 0. The van der Waals surface area contributed by atoms with Gasteiger partial charge in [0.15, 0.2) is 0 Å². The van der Waals surface area contributed by atoms with Crippen LogP contribution in [0.3, 0.4) is 0 Å². The minimum absolute atomic E-state index is 0.792. The molecule has 4 heteroatoms. The molecule has 0 bridgehead atoms. The first-order valence-electron chi connectivity index (χ1n) is 5.35. The molecule has 0 radical (unpaired) electrons. The molecule has 2 nitrogen and oxygen atoms in total. The van der Waals surface area contributed by atoms with Crippen molar-refractivity contribution in [3.8, 4) is 0 Å². The molecule has 0 N–H and O–H groups in total. The molecule has 0 aliphatic carbocycles. The van der Waals surface area contributed by atoms with Gasteiger partial charge in [0.2, 0.25) is 0 Å². The number of rotatable bonds is 2. The highest BCUT2D eigenvalue weighted by Crippen LogP contribution is 2.12. The van der Waals surface area contributed by atoms with E-state index in [0.29, 0.717) is 0 Å². The number of nitrogens with zero attached hydrogens (tertiary/aromatic N) is 1. The molecule has 1 heterocycles. The van der Waals surface area contributed by atoms with E-state index in [2.05, 4.69) is 45.1 Å². The quantitative estimate of drug-likeness (QED) is 0.779. The second-order valence-electron chi connectivity index (χ2n) is 3.80. The Kier molecular flexibility index (Phi) is 4.32. The van der Waals surface area contributed by atoms with Crippen molar-refractivity contribution in [3.63, 3.8) is 0 Å². The Balaban J connectivity index is 1.93. The first kappa shape index (κ1) is 12.0. The van der Waals surface area contributed by atoms with E-state index in [1.807, 2.05) is 0 Å². The highest BCUT2D eigenvalue weighted by atomic mass is 79.9. The zero-order valence-electron chi connectivity index (χ0n) is 8.99. The monoisotopic (exact) mass is 299 g/mol.